The van der Waals surface area contributed by atoms with Crippen LogP contribution in [0.15, 0.2) is 48.5 Å². The zero-order valence-corrected chi connectivity index (χ0v) is 13.3. The molecule has 3 rings (SSSR count). The first kappa shape index (κ1) is 14.9. The number of nitrogens with one attached hydrogen (secondary N) is 1. The predicted octanol–water partition coefficient (Wildman–Crippen LogP) is 3.58. The van der Waals surface area contributed by atoms with E-state index in [0.717, 1.165) is 18.5 Å². The summed E-state index contributed by atoms with van der Waals surface area (Å²) in [7, 11) is 0. The zero-order chi connectivity index (χ0) is 15.5. The van der Waals surface area contributed by atoms with Gasteiger partial charge in [-0.2, -0.15) is 0 Å². The van der Waals surface area contributed by atoms with Crippen LogP contribution in [0.3, 0.4) is 0 Å². The van der Waals surface area contributed by atoms with E-state index in [0.29, 0.717) is 11.6 Å². The van der Waals surface area contributed by atoms with Crippen LogP contribution in [-0.4, -0.2) is 19.0 Å². The standard InChI is InChI=1S/C18H19ClN2O/c1-13(15-7-3-4-8-16(15)19)20-18(22)12-21-11-10-14-6-2-5-9-17(14)21/h2-9,13H,10-12H2,1H3,(H,20,22)/t13-/m0/s1. The van der Waals surface area contributed by atoms with Crippen LogP contribution in [0.1, 0.15) is 24.1 Å². The minimum atomic E-state index is -0.0981. The van der Waals surface area contributed by atoms with Crippen molar-refractivity contribution in [2.75, 3.05) is 18.0 Å². The molecule has 0 unspecified atom stereocenters. The number of benzene rings is 2. The van der Waals surface area contributed by atoms with Crippen molar-refractivity contribution in [2.24, 2.45) is 0 Å². The number of hydrogen-bond acceptors (Lipinski definition) is 2. The molecule has 3 nitrogen and oxygen atoms in total. The van der Waals surface area contributed by atoms with Gasteiger partial charge in [-0.15, -0.1) is 0 Å². The fraction of sp³-hybridized carbons (Fsp3) is 0.278. The average Bonchev–Trinajstić information content (AvgIpc) is 2.91. The quantitative estimate of drug-likeness (QED) is 0.935. The van der Waals surface area contributed by atoms with Crippen LogP contribution in [-0.2, 0) is 11.2 Å². The highest BCUT2D eigenvalue weighted by atomic mass is 35.5. The largest absolute Gasteiger partial charge is 0.362 e. The Morgan fingerprint density at radius 3 is 2.77 bits per heavy atom. The number of carbonyl (C=O) groups is 1. The van der Waals surface area contributed by atoms with E-state index in [-0.39, 0.29) is 11.9 Å². The Kier molecular flexibility index (Phi) is 4.34. The van der Waals surface area contributed by atoms with Crippen LogP contribution >= 0.6 is 11.6 Å². The number of fused-ring (bicyclic) bond motifs is 1. The lowest BCUT2D eigenvalue weighted by molar-refractivity contribution is -0.120. The molecule has 2 aromatic rings. The summed E-state index contributed by atoms with van der Waals surface area (Å²) in [6.45, 7) is 3.23. The molecule has 1 atom stereocenters. The van der Waals surface area contributed by atoms with Crippen LogP contribution in [0.2, 0.25) is 5.02 Å². The number of nitrogens with zero attached hydrogens (tertiary/aromatic N) is 1. The third kappa shape index (κ3) is 3.09. The Labute approximate surface area is 135 Å². The average molecular weight is 315 g/mol. The molecule has 2 aromatic carbocycles. The van der Waals surface area contributed by atoms with Crippen molar-refractivity contribution < 1.29 is 4.79 Å². The van der Waals surface area contributed by atoms with Crippen molar-refractivity contribution in [2.45, 2.75) is 19.4 Å². The second kappa shape index (κ2) is 6.41. The number of para-hydroxylation sites is 1. The number of carbonyl (C=O) groups excluding carboxylic acids is 1. The third-order valence-electron chi connectivity index (χ3n) is 4.07. The molecule has 1 aliphatic heterocycles. The molecule has 0 spiro atoms. The van der Waals surface area contributed by atoms with Crippen LogP contribution in [0.4, 0.5) is 5.69 Å². The topological polar surface area (TPSA) is 32.3 Å². The van der Waals surface area contributed by atoms with E-state index in [2.05, 4.69) is 22.3 Å². The van der Waals surface area contributed by atoms with Crippen LogP contribution < -0.4 is 10.2 Å². The highest BCUT2D eigenvalue weighted by Gasteiger charge is 2.21. The molecule has 0 saturated carbocycles. The van der Waals surface area contributed by atoms with Crippen LogP contribution in [0, 0.1) is 0 Å². The van der Waals surface area contributed by atoms with E-state index in [1.165, 1.54) is 11.3 Å². The van der Waals surface area contributed by atoms with Gasteiger partial charge < -0.3 is 10.2 Å². The fourth-order valence-electron chi connectivity index (χ4n) is 2.94. The molecule has 0 fully saturated rings. The monoisotopic (exact) mass is 314 g/mol. The summed E-state index contributed by atoms with van der Waals surface area (Å²) in [4.78, 5) is 14.4. The van der Waals surface area contributed by atoms with Gasteiger partial charge in [0.1, 0.15) is 0 Å². The van der Waals surface area contributed by atoms with Gasteiger partial charge in [-0.3, -0.25) is 4.79 Å². The van der Waals surface area contributed by atoms with Gasteiger partial charge in [-0.05, 0) is 36.6 Å². The maximum atomic E-state index is 12.3. The lowest BCUT2D eigenvalue weighted by atomic mass is 10.1. The summed E-state index contributed by atoms with van der Waals surface area (Å²) in [5, 5.41) is 3.71. The van der Waals surface area contributed by atoms with E-state index in [1.807, 2.05) is 43.3 Å². The lowest BCUT2D eigenvalue weighted by Crippen LogP contribution is -2.37. The Balaban J connectivity index is 1.63. The Morgan fingerprint density at radius 2 is 1.95 bits per heavy atom. The zero-order valence-electron chi connectivity index (χ0n) is 12.6. The first-order valence-electron chi connectivity index (χ1n) is 7.52. The summed E-state index contributed by atoms with van der Waals surface area (Å²) in [6.07, 6.45) is 1.00. The fourth-order valence-corrected chi connectivity index (χ4v) is 3.23. The van der Waals surface area contributed by atoms with Gasteiger partial charge >= 0.3 is 0 Å². The van der Waals surface area contributed by atoms with Gasteiger partial charge in [-0.25, -0.2) is 0 Å². The van der Waals surface area contributed by atoms with Crippen molar-refractivity contribution >= 4 is 23.2 Å². The number of halogens is 1. The summed E-state index contributed by atoms with van der Waals surface area (Å²) in [5.74, 6) is 0.0177. The van der Waals surface area contributed by atoms with E-state index >= 15 is 0 Å². The number of anilines is 1. The summed E-state index contributed by atoms with van der Waals surface area (Å²) in [6, 6.07) is 15.8. The van der Waals surface area contributed by atoms with Gasteiger partial charge in [0.2, 0.25) is 5.91 Å². The lowest BCUT2D eigenvalue weighted by Gasteiger charge is -2.21. The van der Waals surface area contributed by atoms with Crippen LogP contribution in [0.5, 0.6) is 0 Å². The third-order valence-corrected chi connectivity index (χ3v) is 4.41. The van der Waals surface area contributed by atoms with Crippen molar-refractivity contribution in [3.05, 3.63) is 64.7 Å². The Morgan fingerprint density at radius 1 is 1.23 bits per heavy atom. The van der Waals surface area contributed by atoms with Crippen molar-refractivity contribution in [1.82, 2.24) is 5.32 Å². The second-order valence-corrected chi connectivity index (χ2v) is 6.02. The van der Waals surface area contributed by atoms with Gasteiger partial charge in [0.15, 0.2) is 0 Å². The van der Waals surface area contributed by atoms with Crippen molar-refractivity contribution in [3.63, 3.8) is 0 Å². The first-order chi connectivity index (χ1) is 10.6. The number of rotatable bonds is 4. The van der Waals surface area contributed by atoms with E-state index < -0.39 is 0 Å². The van der Waals surface area contributed by atoms with E-state index in [9.17, 15) is 4.79 Å². The first-order valence-corrected chi connectivity index (χ1v) is 7.89. The highest BCUT2D eigenvalue weighted by molar-refractivity contribution is 6.31. The smallest absolute Gasteiger partial charge is 0.239 e. The Hall–Kier alpha value is -2.00. The summed E-state index contributed by atoms with van der Waals surface area (Å²) in [5.41, 5.74) is 3.43. The molecule has 22 heavy (non-hydrogen) atoms. The van der Waals surface area contributed by atoms with E-state index in [4.69, 9.17) is 11.6 Å². The minimum Gasteiger partial charge on any atom is -0.362 e. The molecular weight excluding hydrogens is 296 g/mol. The second-order valence-electron chi connectivity index (χ2n) is 5.61. The number of hydrogen-bond donors (Lipinski definition) is 1. The van der Waals surface area contributed by atoms with Crippen molar-refractivity contribution in [1.29, 1.82) is 0 Å². The molecule has 0 aromatic heterocycles. The molecular formula is C18H19ClN2O. The van der Waals surface area contributed by atoms with Crippen LogP contribution in [0.25, 0.3) is 0 Å². The SMILES string of the molecule is C[C@H](NC(=O)CN1CCc2ccccc21)c1ccccc1Cl. The highest BCUT2D eigenvalue weighted by Crippen LogP contribution is 2.27. The number of amides is 1. The summed E-state index contributed by atoms with van der Waals surface area (Å²) < 4.78 is 0. The van der Waals surface area contributed by atoms with Gasteiger partial charge in [0, 0.05) is 17.3 Å². The molecule has 1 heterocycles. The molecule has 0 saturated heterocycles. The maximum absolute atomic E-state index is 12.3. The molecule has 1 aliphatic rings. The predicted molar refractivity (Wildman–Crippen MR) is 90.4 cm³/mol. The minimum absolute atomic E-state index is 0.0177. The molecule has 0 radical (unpaired) electrons. The normalized spacial score (nSPS) is 14.5. The molecule has 0 aliphatic carbocycles. The maximum Gasteiger partial charge on any atom is 0.239 e. The molecule has 1 N–H and O–H groups in total. The van der Waals surface area contributed by atoms with Gasteiger partial charge in [-0.1, -0.05) is 48.0 Å². The molecule has 0 bridgehead atoms. The molecule has 4 heteroatoms. The Bertz CT molecular complexity index is 686. The molecule has 114 valence electrons. The van der Waals surface area contributed by atoms with Crippen molar-refractivity contribution in [3.8, 4) is 0 Å². The summed E-state index contributed by atoms with van der Waals surface area (Å²) >= 11 is 6.18. The van der Waals surface area contributed by atoms with Gasteiger partial charge in [0.25, 0.3) is 0 Å². The van der Waals surface area contributed by atoms with E-state index in [1.54, 1.807) is 0 Å². The van der Waals surface area contributed by atoms with Gasteiger partial charge in [0.05, 0.1) is 12.6 Å². The molecule has 1 amide bonds.